The summed E-state index contributed by atoms with van der Waals surface area (Å²) in [6, 6.07) is 16.8. The quantitative estimate of drug-likeness (QED) is 0.568. The molecule has 0 atom stereocenters. The molecule has 0 saturated carbocycles. The molecule has 2 aromatic carbocycles. The number of thiocarbonyl (C=S) groups is 1. The van der Waals surface area contributed by atoms with Gasteiger partial charge in [-0.2, -0.15) is 0 Å². The van der Waals surface area contributed by atoms with Crippen molar-refractivity contribution in [1.29, 1.82) is 0 Å². The predicted molar refractivity (Wildman–Crippen MR) is 103 cm³/mol. The number of hydrogen-bond acceptors (Lipinski definition) is 4. The predicted octanol–water partition coefficient (Wildman–Crippen LogP) is 4.78. The second-order valence-electron chi connectivity index (χ2n) is 5.61. The summed E-state index contributed by atoms with van der Waals surface area (Å²) in [6.07, 6.45) is 2.38. The van der Waals surface area contributed by atoms with Gasteiger partial charge in [-0.3, -0.25) is 4.79 Å². The van der Waals surface area contributed by atoms with Gasteiger partial charge in [-0.15, -0.1) is 0 Å². The summed E-state index contributed by atoms with van der Waals surface area (Å²) in [5.74, 6) is 1.97. The van der Waals surface area contributed by atoms with Gasteiger partial charge in [-0.25, -0.2) is 0 Å². The molecule has 0 bridgehead atoms. The number of likely N-dealkylation sites (tertiary alicyclic amines) is 1. The molecule has 0 aromatic heterocycles. The van der Waals surface area contributed by atoms with E-state index >= 15 is 0 Å². The van der Waals surface area contributed by atoms with E-state index in [4.69, 9.17) is 17.0 Å². The van der Waals surface area contributed by atoms with E-state index in [1.165, 1.54) is 24.6 Å². The van der Waals surface area contributed by atoms with E-state index in [1.807, 2.05) is 42.5 Å². The minimum absolute atomic E-state index is 0.0906. The van der Waals surface area contributed by atoms with Crippen molar-refractivity contribution >= 4 is 34.1 Å². The van der Waals surface area contributed by atoms with Crippen LogP contribution in [0.4, 0.5) is 0 Å². The molecule has 0 amide bonds. The van der Waals surface area contributed by atoms with Crippen molar-refractivity contribution in [2.45, 2.75) is 12.8 Å². The summed E-state index contributed by atoms with van der Waals surface area (Å²) >= 11 is 6.85. The number of thioether (sulfide) groups is 1. The van der Waals surface area contributed by atoms with E-state index in [1.54, 1.807) is 12.1 Å². The number of para-hydroxylation sites is 1. The van der Waals surface area contributed by atoms with Crippen molar-refractivity contribution in [3.63, 3.8) is 0 Å². The Morgan fingerprint density at radius 3 is 2.29 bits per heavy atom. The lowest BCUT2D eigenvalue weighted by Crippen LogP contribution is -2.24. The molecule has 0 radical (unpaired) electrons. The molecule has 1 aliphatic rings. The standard InChI is InChI=1S/C19H19NO2S2/c21-18(14-24-19(23)20-12-4-5-13-20)15-8-10-17(11-9-15)22-16-6-2-1-3-7-16/h1-3,6-11H,4-5,12-14H2. The van der Waals surface area contributed by atoms with Crippen LogP contribution >= 0.6 is 24.0 Å². The van der Waals surface area contributed by atoms with Crippen LogP contribution in [-0.2, 0) is 0 Å². The largest absolute Gasteiger partial charge is 0.457 e. The van der Waals surface area contributed by atoms with Gasteiger partial charge in [0.2, 0.25) is 0 Å². The number of ketones is 1. The molecular formula is C19H19NO2S2. The zero-order valence-electron chi connectivity index (χ0n) is 13.3. The molecule has 124 valence electrons. The van der Waals surface area contributed by atoms with Crippen molar-refractivity contribution in [2.75, 3.05) is 18.8 Å². The highest BCUT2D eigenvalue weighted by atomic mass is 32.2. The molecule has 1 fully saturated rings. The first-order valence-corrected chi connectivity index (χ1v) is 9.39. The van der Waals surface area contributed by atoms with Crippen LogP contribution in [-0.4, -0.2) is 33.8 Å². The maximum absolute atomic E-state index is 12.3. The molecule has 1 heterocycles. The SMILES string of the molecule is O=C(CSC(=S)N1CCCC1)c1ccc(Oc2ccccc2)cc1. The zero-order chi connectivity index (χ0) is 16.8. The summed E-state index contributed by atoms with van der Waals surface area (Å²) < 4.78 is 6.57. The summed E-state index contributed by atoms with van der Waals surface area (Å²) in [6.45, 7) is 2.04. The molecule has 0 unspecified atom stereocenters. The smallest absolute Gasteiger partial charge is 0.173 e. The Balaban J connectivity index is 1.52. The average Bonchev–Trinajstić information content (AvgIpc) is 3.16. The fourth-order valence-electron chi connectivity index (χ4n) is 2.54. The summed E-state index contributed by atoms with van der Waals surface area (Å²) in [7, 11) is 0. The fourth-order valence-corrected chi connectivity index (χ4v) is 3.68. The molecule has 3 nitrogen and oxygen atoms in total. The number of carbonyl (C=O) groups is 1. The molecule has 0 aliphatic carbocycles. The van der Waals surface area contributed by atoms with Crippen LogP contribution in [0.3, 0.4) is 0 Å². The third-order valence-corrected chi connectivity index (χ3v) is 5.37. The Hall–Kier alpha value is -1.85. The van der Waals surface area contributed by atoms with E-state index in [-0.39, 0.29) is 5.78 Å². The number of hydrogen-bond donors (Lipinski definition) is 0. The monoisotopic (exact) mass is 357 g/mol. The van der Waals surface area contributed by atoms with Crippen LogP contribution in [0.1, 0.15) is 23.2 Å². The first kappa shape index (κ1) is 17.0. The lowest BCUT2D eigenvalue weighted by atomic mass is 10.1. The number of benzene rings is 2. The van der Waals surface area contributed by atoms with Crippen LogP contribution in [0, 0.1) is 0 Å². The van der Waals surface area contributed by atoms with Crippen LogP contribution in [0.15, 0.2) is 54.6 Å². The number of carbonyl (C=O) groups excluding carboxylic acids is 1. The molecule has 0 N–H and O–H groups in total. The first-order chi connectivity index (χ1) is 11.7. The second kappa shape index (κ2) is 8.31. The van der Waals surface area contributed by atoms with Crippen molar-refractivity contribution in [3.8, 4) is 11.5 Å². The summed E-state index contributed by atoms with van der Waals surface area (Å²) in [5, 5.41) is 0. The molecule has 0 spiro atoms. The first-order valence-electron chi connectivity index (χ1n) is 8.00. The Labute approximate surface area is 152 Å². The zero-order valence-corrected chi connectivity index (χ0v) is 14.9. The van der Waals surface area contributed by atoms with E-state index in [2.05, 4.69) is 4.90 Å². The van der Waals surface area contributed by atoms with E-state index in [9.17, 15) is 4.79 Å². The Morgan fingerprint density at radius 2 is 1.62 bits per heavy atom. The highest BCUT2D eigenvalue weighted by molar-refractivity contribution is 8.23. The molecule has 2 aromatic rings. The second-order valence-corrected chi connectivity index (χ2v) is 7.22. The maximum atomic E-state index is 12.3. The van der Waals surface area contributed by atoms with Crippen molar-refractivity contribution in [1.82, 2.24) is 4.90 Å². The fraction of sp³-hybridized carbons (Fsp3) is 0.263. The van der Waals surface area contributed by atoms with Gasteiger partial charge in [0.15, 0.2) is 5.78 Å². The Morgan fingerprint density at radius 1 is 1.00 bits per heavy atom. The van der Waals surface area contributed by atoms with Gasteiger partial charge in [0.05, 0.1) is 5.75 Å². The number of ether oxygens (including phenoxy) is 1. The van der Waals surface area contributed by atoms with Crippen molar-refractivity contribution < 1.29 is 9.53 Å². The highest BCUT2D eigenvalue weighted by Gasteiger charge is 2.16. The van der Waals surface area contributed by atoms with Crippen LogP contribution in [0.5, 0.6) is 11.5 Å². The van der Waals surface area contributed by atoms with E-state index in [0.717, 1.165) is 28.9 Å². The Bertz CT molecular complexity index is 695. The molecule has 5 heteroatoms. The van der Waals surface area contributed by atoms with Gasteiger partial charge in [-0.1, -0.05) is 42.2 Å². The van der Waals surface area contributed by atoms with Gasteiger partial charge < -0.3 is 9.64 Å². The summed E-state index contributed by atoms with van der Waals surface area (Å²) in [4.78, 5) is 14.5. The molecule has 1 saturated heterocycles. The topological polar surface area (TPSA) is 29.5 Å². The van der Waals surface area contributed by atoms with Gasteiger partial charge in [0.25, 0.3) is 0 Å². The van der Waals surface area contributed by atoms with Gasteiger partial charge in [0.1, 0.15) is 15.8 Å². The molecule has 24 heavy (non-hydrogen) atoms. The van der Waals surface area contributed by atoms with Gasteiger partial charge >= 0.3 is 0 Å². The molecular weight excluding hydrogens is 338 g/mol. The third kappa shape index (κ3) is 4.58. The normalized spacial score (nSPS) is 13.8. The van der Waals surface area contributed by atoms with Crippen LogP contribution < -0.4 is 4.74 Å². The van der Waals surface area contributed by atoms with Crippen molar-refractivity contribution in [2.24, 2.45) is 0 Å². The van der Waals surface area contributed by atoms with Gasteiger partial charge in [-0.05, 0) is 49.2 Å². The van der Waals surface area contributed by atoms with Crippen molar-refractivity contribution in [3.05, 3.63) is 60.2 Å². The number of Topliss-reactive ketones (excluding diaryl/α,β-unsaturated/α-hetero) is 1. The maximum Gasteiger partial charge on any atom is 0.173 e. The minimum atomic E-state index is 0.0906. The van der Waals surface area contributed by atoms with Crippen LogP contribution in [0.2, 0.25) is 0 Å². The van der Waals surface area contributed by atoms with E-state index < -0.39 is 0 Å². The summed E-state index contributed by atoms with van der Waals surface area (Å²) in [5.41, 5.74) is 0.687. The average molecular weight is 358 g/mol. The van der Waals surface area contributed by atoms with E-state index in [0.29, 0.717) is 11.3 Å². The minimum Gasteiger partial charge on any atom is -0.457 e. The molecule has 3 rings (SSSR count). The lowest BCUT2D eigenvalue weighted by Gasteiger charge is -2.17. The van der Waals surface area contributed by atoms with Gasteiger partial charge in [0, 0.05) is 18.7 Å². The number of nitrogens with zero attached hydrogens (tertiary/aromatic N) is 1. The Kier molecular flexibility index (Phi) is 5.88. The number of rotatable bonds is 5. The highest BCUT2D eigenvalue weighted by Crippen LogP contribution is 2.22. The third-order valence-electron chi connectivity index (χ3n) is 3.85. The lowest BCUT2D eigenvalue weighted by molar-refractivity contribution is 0.102. The molecule has 1 aliphatic heterocycles. The van der Waals surface area contributed by atoms with Crippen LogP contribution in [0.25, 0.3) is 0 Å².